The van der Waals surface area contributed by atoms with Crippen LogP contribution in [0.5, 0.6) is 0 Å². The molecule has 0 aromatic heterocycles. The van der Waals surface area contributed by atoms with Crippen LogP contribution in [0.15, 0.2) is 18.2 Å². The average molecular weight is 273 g/mol. The second-order valence-electron chi connectivity index (χ2n) is 5.65. The third-order valence-electron chi connectivity index (χ3n) is 4.04. The zero-order valence-corrected chi connectivity index (χ0v) is 11.6. The number of benzene rings is 1. The summed E-state index contributed by atoms with van der Waals surface area (Å²) in [4.78, 5) is 23.9. The second-order valence-corrected chi connectivity index (χ2v) is 5.65. The molecular formula is C16H19NO3. The molecule has 0 aliphatic carbocycles. The Morgan fingerprint density at radius 3 is 2.90 bits per heavy atom. The number of anilines is 1. The molecule has 2 unspecified atom stereocenters. The van der Waals surface area contributed by atoms with Gasteiger partial charge in [-0.25, -0.2) is 0 Å². The zero-order valence-electron chi connectivity index (χ0n) is 11.6. The highest BCUT2D eigenvalue weighted by molar-refractivity contribution is 6.01. The van der Waals surface area contributed by atoms with Gasteiger partial charge in [0, 0.05) is 17.7 Å². The van der Waals surface area contributed by atoms with Crippen molar-refractivity contribution in [1.29, 1.82) is 0 Å². The molecule has 0 bridgehead atoms. The van der Waals surface area contributed by atoms with Crippen molar-refractivity contribution < 1.29 is 14.3 Å². The first-order valence-electron chi connectivity index (χ1n) is 7.26. The Balaban J connectivity index is 1.83. The van der Waals surface area contributed by atoms with Gasteiger partial charge in [-0.3, -0.25) is 9.59 Å². The highest BCUT2D eigenvalue weighted by atomic mass is 16.5. The molecule has 1 fully saturated rings. The largest absolute Gasteiger partial charge is 0.367 e. The lowest BCUT2D eigenvalue weighted by Crippen LogP contribution is -2.21. The first-order chi connectivity index (χ1) is 9.63. The number of hydrogen-bond donors (Lipinski definition) is 1. The number of aryl methyl sites for hydroxylation is 1. The molecule has 2 atom stereocenters. The zero-order chi connectivity index (χ0) is 14.1. The molecule has 2 heterocycles. The van der Waals surface area contributed by atoms with Crippen molar-refractivity contribution in [1.82, 2.24) is 0 Å². The lowest BCUT2D eigenvalue weighted by molar-refractivity contribution is -0.116. The molecule has 0 saturated carbocycles. The van der Waals surface area contributed by atoms with Gasteiger partial charge in [-0.2, -0.15) is 0 Å². The van der Waals surface area contributed by atoms with Crippen molar-refractivity contribution in [3.63, 3.8) is 0 Å². The van der Waals surface area contributed by atoms with E-state index in [1.165, 1.54) is 0 Å². The fraction of sp³-hybridized carbons (Fsp3) is 0.500. The van der Waals surface area contributed by atoms with Gasteiger partial charge in [0.05, 0.1) is 6.10 Å². The van der Waals surface area contributed by atoms with Gasteiger partial charge in [0.15, 0.2) is 5.78 Å². The molecular weight excluding hydrogens is 254 g/mol. The van der Waals surface area contributed by atoms with Crippen molar-refractivity contribution in [2.45, 2.75) is 51.2 Å². The lowest BCUT2D eigenvalue weighted by atomic mass is 9.99. The van der Waals surface area contributed by atoms with Crippen molar-refractivity contribution in [3.8, 4) is 0 Å². The SMILES string of the molecule is CC1CCC(C(=O)c2ccc3c(c2)CCCC(=O)N3)O1. The van der Waals surface area contributed by atoms with Gasteiger partial charge in [0.2, 0.25) is 5.91 Å². The standard InChI is InChI=1S/C16H19NO3/c1-10-5-8-14(20-10)16(19)12-6-7-13-11(9-12)3-2-4-15(18)17-13/h6-7,9-10,14H,2-5,8H2,1H3,(H,17,18). The van der Waals surface area contributed by atoms with Crippen LogP contribution in [0.25, 0.3) is 0 Å². The molecule has 4 heteroatoms. The molecule has 2 aliphatic heterocycles. The minimum Gasteiger partial charge on any atom is -0.367 e. The van der Waals surface area contributed by atoms with Crippen LogP contribution >= 0.6 is 0 Å². The summed E-state index contributed by atoms with van der Waals surface area (Å²) in [6, 6.07) is 5.54. The van der Waals surface area contributed by atoms with Gasteiger partial charge in [-0.1, -0.05) is 0 Å². The lowest BCUT2D eigenvalue weighted by Gasteiger charge is -2.12. The number of ketones is 1. The van der Waals surface area contributed by atoms with Gasteiger partial charge in [0.1, 0.15) is 6.10 Å². The van der Waals surface area contributed by atoms with E-state index in [0.717, 1.165) is 36.9 Å². The van der Waals surface area contributed by atoms with Gasteiger partial charge >= 0.3 is 0 Å². The molecule has 1 N–H and O–H groups in total. The highest BCUT2D eigenvalue weighted by Crippen LogP contribution is 2.27. The van der Waals surface area contributed by atoms with Gasteiger partial charge in [-0.15, -0.1) is 0 Å². The summed E-state index contributed by atoms with van der Waals surface area (Å²) < 4.78 is 5.64. The Morgan fingerprint density at radius 2 is 2.15 bits per heavy atom. The van der Waals surface area contributed by atoms with Crippen LogP contribution in [0, 0.1) is 0 Å². The number of fused-ring (bicyclic) bond motifs is 1. The third-order valence-corrected chi connectivity index (χ3v) is 4.04. The van der Waals surface area contributed by atoms with E-state index in [4.69, 9.17) is 4.74 Å². The van der Waals surface area contributed by atoms with Crippen molar-refractivity contribution >= 4 is 17.4 Å². The second kappa shape index (κ2) is 5.37. The van der Waals surface area contributed by atoms with Gasteiger partial charge in [-0.05, 0) is 56.4 Å². The van der Waals surface area contributed by atoms with E-state index < -0.39 is 0 Å². The van der Waals surface area contributed by atoms with E-state index in [1.54, 1.807) is 6.07 Å². The van der Waals surface area contributed by atoms with E-state index >= 15 is 0 Å². The number of Topliss-reactive ketones (excluding diaryl/α,β-unsaturated/α-hetero) is 1. The van der Waals surface area contributed by atoms with Crippen LogP contribution < -0.4 is 5.32 Å². The first-order valence-corrected chi connectivity index (χ1v) is 7.26. The fourth-order valence-corrected chi connectivity index (χ4v) is 2.91. The maximum atomic E-state index is 12.4. The summed E-state index contributed by atoms with van der Waals surface area (Å²) in [5.74, 6) is 0.114. The maximum absolute atomic E-state index is 12.4. The molecule has 1 saturated heterocycles. The van der Waals surface area contributed by atoms with Gasteiger partial charge < -0.3 is 10.1 Å². The molecule has 1 aromatic carbocycles. The number of ether oxygens (including phenoxy) is 1. The Labute approximate surface area is 118 Å². The number of amides is 1. The van der Waals surface area contributed by atoms with Crippen LogP contribution in [0.1, 0.15) is 48.5 Å². The van der Waals surface area contributed by atoms with Crippen molar-refractivity contribution in [2.75, 3.05) is 5.32 Å². The van der Waals surface area contributed by atoms with Crippen LogP contribution in [0.4, 0.5) is 5.69 Å². The Hall–Kier alpha value is -1.68. The maximum Gasteiger partial charge on any atom is 0.224 e. The van der Waals surface area contributed by atoms with Crippen LogP contribution in [0.3, 0.4) is 0 Å². The quantitative estimate of drug-likeness (QED) is 0.843. The monoisotopic (exact) mass is 273 g/mol. The predicted molar refractivity (Wildman–Crippen MR) is 75.9 cm³/mol. The Morgan fingerprint density at radius 1 is 1.30 bits per heavy atom. The van der Waals surface area contributed by atoms with E-state index in [9.17, 15) is 9.59 Å². The van der Waals surface area contributed by atoms with E-state index in [1.807, 2.05) is 19.1 Å². The summed E-state index contributed by atoms with van der Waals surface area (Å²) in [6.45, 7) is 2.00. The van der Waals surface area contributed by atoms with E-state index in [2.05, 4.69) is 5.32 Å². The smallest absolute Gasteiger partial charge is 0.224 e. The molecule has 3 rings (SSSR count). The Kier molecular flexibility index (Phi) is 3.57. The van der Waals surface area contributed by atoms with Crippen molar-refractivity contribution in [3.05, 3.63) is 29.3 Å². The number of carbonyl (C=O) groups excluding carboxylic acids is 2. The molecule has 4 nitrogen and oxygen atoms in total. The van der Waals surface area contributed by atoms with Crippen LogP contribution in [-0.2, 0) is 16.0 Å². The number of carbonyl (C=O) groups is 2. The van der Waals surface area contributed by atoms with Crippen LogP contribution in [-0.4, -0.2) is 23.9 Å². The summed E-state index contributed by atoms with van der Waals surface area (Å²) in [6.07, 6.45) is 3.81. The summed E-state index contributed by atoms with van der Waals surface area (Å²) >= 11 is 0. The average Bonchev–Trinajstić information content (AvgIpc) is 2.77. The number of hydrogen-bond acceptors (Lipinski definition) is 3. The first kappa shape index (κ1) is 13.3. The minimum atomic E-state index is -0.302. The predicted octanol–water partition coefficient (Wildman–Crippen LogP) is 2.71. The van der Waals surface area contributed by atoms with Crippen molar-refractivity contribution in [2.24, 2.45) is 0 Å². The molecule has 2 aliphatic rings. The summed E-state index contributed by atoms with van der Waals surface area (Å²) in [7, 11) is 0. The Bertz CT molecular complexity index is 553. The fourth-order valence-electron chi connectivity index (χ4n) is 2.91. The molecule has 1 aromatic rings. The molecule has 0 spiro atoms. The summed E-state index contributed by atoms with van der Waals surface area (Å²) in [5.41, 5.74) is 2.58. The molecule has 106 valence electrons. The third kappa shape index (κ3) is 2.61. The summed E-state index contributed by atoms with van der Waals surface area (Å²) in [5, 5.41) is 2.88. The number of nitrogens with one attached hydrogen (secondary N) is 1. The van der Waals surface area contributed by atoms with Crippen LogP contribution in [0.2, 0.25) is 0 Å². The van der Waals surface area contributed by atoms with E-state index in [-0.39, 0.29) is 23.9 Å². The molecule has 20 heavy (non-hydrogen) atoms. The van der Waals surface area contributed by atoms with Gasteiger partial charge in [0.25, 0.3) is 0 Å². The minimum absolute atomic E-state index is 0.0516. The van der Waals surface area contributed by atoms with E-state index in [0.29, 0.717) is 12.0 Å². The number of rotatable bonds is 2. The molecule has 1 amide bonds. The topological polar surface area (TPSA) is 55.4 Å². The normalized spacial score (nSPS) is 25.8. The highest BCUT2D eigenvalue weighted by Gasteiger charge is 2.29. The molecule has 0 radical (unpaired) electrons.